The molecule has 4 nitrogen and oxygen atoms in total. The molecule has 1 aromatic carbocycles. The highest BCUT2D eigenvalue weighted by Crippen LogP contribution is 2.27. The lowest BCUT2D eigenvalue weighted by Crippen LogP contribution is -2.25. The first-order valence-electron chi connectivity index (χ1n) is 6.89. The van der Waals surface area contributed by atoms with E-state index >= 15 is 0 Å². The second kappa shape index (κ2) is 7.06. The molecule has 6 heteroatoms. The van der Waals surface area contributed by atoms with Crippen molar-refractivity contribution in [3.05, 3.63) is 47.3 Å². The number of hydrogen-bond acceptors (Lipinski definition) is 4. The zero-order valence-electron chi connectivity index (χ0n) is 12.2. The van der Waals surface area contributed by atoms with Gasteiger partial charge in [0.1, 0.15) is 4.21 Å². The molecule has 0 amide bonds. The van der Waals surface area contributed by atoms with Crippen LogP contribution in [0.3, 0.4) is 0 Å². The van der Waals surface area contributed by atoms with Gasteiger partial charge >= 0.3 is 0 Å². The van der Waals surface area contributed by atoms with Gasteiger partial charge in [-0.25, -0.2) is 8.42 Å². The molecule has 0 radical (unpaired) electrons. The molecule has 114 valence electrons. The van der Waals surface area contributed by atoms with Crippen molar-refractivity contribution in [2.45, 2.75) is 24.1 Å². The van der Waals surface area contributed by atoms with Gasteiger partial charge in [0.25, 0.3) is 10.0 Å². The van der Waals surface area contributed by atoms with E-state index in [9.17, 15) is 8.42 Å². The van der Waals surface area contributed by atoms with E-state index in [0.717, 1.165) is 17.8 Å². The van der Waals surface area contributed by atoms with Gasteiger partial charge in [-0.2, -0.15) is 0 Å². The third-order valence-corrected chi connectivity index (χ3v) is 6.44. The Balaban J connectivity index is 2.16. The Morgan fingerprint density at radius 3 is 2.52 bits per heavy atom. The summed E-state index contributed by atoms with van der Waals surface area (Å²) >= 11 is 1.32. The molecule has 2 rings (SSSR count). The van der Waals surface area contributed by atoms with E-state index in [0.29, 0.717) is 16.4 Å². The molecule has 0 fully saturated rings. The summed E-state index contributed by atoms with van der Waals surface area (Å²) in [5.74, 6) is 0. The van der Waals surface area contributed by atoms with Crippen LogP contribution < -0.4 is 9.62 Å². The molecule has 0 aliphatic heterocycles. The SMILES string of the molecule is CCCNCc1ccc(S(=O)(=O)N(C)c2ccccc2)s1. The van der Waals surface area contributed by atoms with Crippen LogP contribution in [0.5, 0.6) is 0 Å². The minimum Gasteiger partial charge on any atom is -0.312 e. The van der Waals surface area contributed by atoms with Crippen LogP contribution in [0.2, 0.25) is 0 Å². The van der Waals surface area contributed by atoms with Gasteiger partial charge in [0.15, 0.2) is 0 Å². The van der Waals surface area contributed by atoms with Crippen molar-refractivity contribution < 1.29 is 8.42 Å². The van der Waals surface area contributed by atoms with E-state index in [1.54, 1.807) is 25.2 Å². The zero-order valence-corrected chi connectivity index (χ0v) is 13.9. The van der Waals surface area contributed by atoms with Crippen LogP contribution >= 0.6 is 11.3 Å². The minimum absolute atomic E-state index is 0.377. The highest BCUT2D eigenvalue weighted by Gasteiger charge is 2.23. The second-order valence-electron chi connectivity index (χ2n) is 4.71. The summed E-state index contributed by atoms with van der Waals surface area (Å²) in [7, 11) is -1.89. The van der Waals surface area contributed by atoms with E-state index in [-0.39, 0.29) is 0 Å². The Morgan fingerprint density at radius 1 is 1.14 bits per heavy atom. The van der Waals surface area contributed by atoms with Crippen molar-refractivity contribution >= 4 is 27.0 Å². The van der Waals surface area contributed by atoms with Gasteiger partial charge < -0.3 is 5.32 Å². The molecule has 1 aromatic heterocycles. The summed E-state index contributed by atoms with van der Waals surface area (Å²) in [6.07, 6.45) is 1.06. The van der Waals surface area contributed by atoms with Crippen molar-refractivity contribution in [2.75, 3.05) is 17.9 Å². The first kappa shape index (κ1) is 16.0. The summed E-state index contributed by atoms with van der Waals surface area (Å²) in [4.78, 5) is 1.03. The maximum atomic E-state index is 12.6. The zero-order chi connectivity index (χ0) is 15.3. The van der Waals surface area contributed by atoms with Crippen molar-refractivity contribution in [1.29, 1.82) is 0 Å². The number of para-hydroxylation sites is 1. The monoisotopic (exact) mass is 324 g/mol. The maximum Gasteiger partial charge on any atom is 0.273 e. The smallest absolute Gasteiger partial charge is 0.273 e. The summed E-state index contributed by atoms with van der Waals surface area (Å²) in [5, 5.41) is 3.28. The summed E-state index contributed by atoms with van der Waals surface area (Å²) < 4.78 is 26.9. The van der Waals surface area contributed by atoms with Gasteiger partial charge in [-0.05, 0) is 37.2 Å². The Bertz CT molecular complexity index is 666. The second-order valence-corrected chi connectivity index (χ2v) is 8.07. The highest BCUT2D eigenvalue weighted by atomic mass is 32.2. The average Bonchev–Trinajstić information content (AvgIpc) is 2.97. The molecule has 21 heavy (non-hydrogen) atoms. The molecular formula is C15H20N2O2S2. The topological polar surface area (TPSA) is 49.4 Å². The van der Waals surface area contributed by atoms with E-state index < -0.39 is 10.0 Å². The molecule has 1 N–H and O–H groups in total. The Labute approximate surface area is 130 Å². The van der Waals surface area contributed by atoms with Crippen molar-refractivity contribution in [3.8, 4) is 0 Å². The molecule has 0 spiro atoms. The molecule has 0 aliphatic carbocycles. The largest absolute Gasteiger partial charge is 0.312 e. The van der Waals surface area contributed by atoms with Gasteiger partial charge in [0.05, 0.1) is 5.69 Å². The van der Waals surface area contributed by atoms with Crippen LogP contribution in [0.1, 0.15) is 18.2 Å². The molecule has 0 bridgehead atoms. The number of rotatable bonds is 7. The molecule has 0 saturated heterocycles. The molecule has 1 heterocycles. The van der Waals surface area contributed by atoms with Gasteiger partial charge in [-0.15, -0.1) is 11.3 Å². The number of hydrogen-bond donors (Lipinski definition) is 1. The summed E-state index contributed by atoms with van der Waals surface area (Å²) in [5.41, 5.74) is 0.663. The third kappa shape index (κ3) is 3.84. The van der Waals surface area contributed by atoms with Gasteiger partial charge in [0.2, 0.25) is 0 Å². The van der Waals surface area contributed by atoms with E-state index in [1.807, 2.05) is 24.3 Å². The molecule has 0 unspecified atom stereocenters. The lowest BCUT2D eigenvalue weighted by molar-refractivity contribution is 0.596. The molecule has 0 aliphatic rings. The van der Waals surface area contributed by atoms with Crippen LogP contribution in [0.15, 0.2) is 46.7 Å². The van der Waals surface area contributed by atoms with E-state index in [4.69, 9.17) is 0 Å². The first-order chi connectivity index (χ1) is 10.1. The molecule has 0 saturated carbocycles. The van der Waals surface area contributed by atoms with Gasteiger partial charge in [0, 0.05) is 18.5 Å². The molecule has 2 aromatic rings. The van der Waals surface area contributed by atoms with Crippen LogP contribution in [-0.2, 0) is 16.6 Å². The Hall–Kier alpha value is -1.37. The lowest BCUT2D eigenvalue weighted by Gasteiger charge is -2.18. The van der Waals surface area contributed by atoms with Crippen molar-refractivity contribution in [2.24, 2.45) is 0 Å². The predicted molar refractivity (Wildman–Crippen MR) is 88.3 cm³/mol. The standard InChI is InChI=1S/C15H20N2O2S2/c1-3-11-16-12-14-9-10-15(20-14)21(18,19)17(2)13-7-5-4-6-8-13/h4-10,16H,3,11-12H2,1-2H3. The maximum absolute atomic E-state index is 12.6. The van der Waals surface area contributed by atoms with Crippen LogP contribution in [0.25, 0.3) is 0 Å². The number of nitrogens with zero attached hydrogens (tertiary/aromatic N) is 1. The first-order valence-corrected chi connectivity index (χ1v) is 9.14. The van der Waals surface area contributed by atoms with Gasteiger partial charge in [-0.3, -0.25) is 4.31 Å². The quantitative estimate of drug-likeness (QED) is 0.796. The van der Waals surface area contributed by atoms with Crippen LogP contribution in [0.4, 0.5) is 5.69 Å². The highest BCUT2D eigenvalue weighted by molar-refractivity contribution is 7.94. The predicted octanol–water partition coefficient (Wildman–Crippen LogP) is 3.07. The lowest BCUT2D eigenvalue weighted by atomic mass is 10.3. The normalized spacial score (nSPS) is 11.5. The summed E-state index contributed by atoms with van der Waals surface area (Å²) in [6, 6.07) is 12.7. The Kier molecular flexibility index (Phi) is 5.39. The van der Waals surface area contributed by atoms with E-state index in [2.05, 4.69) is 12.2 Å². The van der Waals surface area contributed by atoms with Crippen molar-refractivity contribution in [3.63, 3.8) is 0 Å². The third-order valence-electron chi connectivity index (χ3n) is 3.10. The van der Waals surface area contributed by atoms with Crippen LogP contribution in [-0.4, -0.2) is 22.0 Å². The summed E-state index contributed by atoms with van der Waals surface area (Å²) in [6.45, 7) is 3.75. The fraction of sp³-hybridized carbons (Fsp3) is 0.333. The fourth-order valence-electron chi connectivity index (χ4n) is 1.89. The van der Waals surface area contributed by atoms with Crippen molar-refractivity contribution in [1.82, 2.24) is 5.32 Å². The molecular weight excluding hydrogens is 304 g/mol. The van der Waals surface area contributed by atoms with E-state index in [1.165, 1.54) is 15.6 Å². The number of nitrogens with one attached hydrogen (secondary N) is 1. The number of benzene rings is 1. The number of thiophene rings is 1. The Morgan fingerprint density at radius 2 is 1.86 bits per heavy atom. The van der Waals surface area contributed by atoms with Crippen LogP contribution in [0, 0.1) is 0 Å². The minimum atomic E-state index is -3.48. The number of sulfonamides is 1. The average molecular weight is 324 g/mol. The fourth-order valence-corrected chi connectivity index (χ4v) is 4.58. The van der Waals surface area contributed by atoms with Gasteiger partial charge in [-0.1, -0.05) is 25.1 Å². The molecule has 0 atom stereocenters. The number of anilines is 1.